The number of anilines is 2. The lowest BCUT2D eigenvalue weighted by molar-refractivity contribution is -0.118. The summed E-state index contributed by atoms with van der Waals surface area (Å²) < 4.78 is 5.42. The van der Waals surface area contributed by atoms with Gasteiger partial charge in [0.25, 0.3) is 0 Å². The molecule has 1 saturated heterocycles. The zero-order valence-electron chi connectivity index (χ0n) is 14.6. The Kier molecular flexibility index (Phi) is 5.77. The Labute approximate surface area is 149 Å². The number of hydrogen-bond donors (Lipinski definition) is 1. The minimum Gasteiger partial charge on any atom is -0.496 e. The summed E-state index contributed by atoms with van der Waals surface area (Å²) in [4.78, 5) is 15.0. The van der Waals surface area contributed by atoms with Crippen molar-refractivity contribution in [1.29, 1.82) is 0 Å². The highest BCUT2D eigenvalue weighted by Gasteiger charge is 2.17. The highest BCUT2D eigenvalue weighted by Crippen LogP contribution is 2.27. The molecule has 1 aliphatic rings. The summed E-state index contributed by atoms with van der Waals surface area (Å²) in [5.41, 5.74) is 3.54. The van der Waals surface area contributed by atoms with Gasteiger partial charge in [0.15, 0.2) is 0 Å². The molecule has 1 heterocycles. The number of methoxy groups -OCH3 is 1. The Bertz CT molecular complexity index is 697. The number of para-hydroxylation sites is 3. The lowest BCUT2D eigenvalue weighted by Gasteiger charge is -2.35. The maximum absolute atomic E-state index is 10.9. The molecule has 1 N–H and O–H groups in total. The molecule has 2 aromatic carbocycles. The number of amides is 1. The van der Waals surface area contributed by atoms with Crippen molar-refractivity contribution >= 4 is 17.8 Å². The van der Waals surface area contributed by atoms with E-state index in [1.54, 1.807) is 7.11 Å². The van der Waals surface area contributed by atoms with Crippen LogP contribution in [0.2, 0.25) is 0 Å². The second-order valence-electron chi connectivity index (χ2n) is 6.13. The number of rotatable bonds is 7. The van der Waals surface area contributed by atoms with Crippen LogP contribution in [0.3, 0.4) is 0 Å². The third-order valence-electron chi connectivity index (χ3n) is 4.61. The zero-order chi connectivity index (χ0) is 17.5. The van der Waals surface area contributed by atoms with E-state index in [1.807, 2.05) is 23.1 Å². The number of benzene rings is 2. The van der Waals surface area contributed by atoms with Gasteiger partial charge in [0.1, 0.15) is 5.75 Å². The van der Waals surface area contributed by atoms with Gasteiger partial charge < -0.3 is 19.9 Å². The van der Waals surface area contributed by atoms with Gasteiger partial charge in [-0.1, -0.05) is 30.3 Å². The van der Waals surface area contributed by atoms with Crippen LogP contribution in [0.15, 0.2) is 48.5 Å². The van der Waals surface area contributed by atoms with Crippen molar-refractivity contribution in [2.75, 3.05) is 50.1 Å². The molecule has 1 amide bonds. The highest BCUT2D eigenvalue weighted by molar-refractivity contribution is 5.70. The van der Waals surface area contributed by atoms with E-state index in [1.165, 1.54) is 11.3 Å². The number of hydrogen-bond acceptors (Lipinski definition) is 4. The molecule has 0 bridgehead atoms. The van der Waals surface area contributed by atoms with E-state index in [-0.39, 0.29) is 0 Å². The van der Waals surface area contributed by atoms with Crippen LogP contribution in [-0.2, 0) is 11.2 Å². The van der Waals surface area contributed by atoms with Crippen LogP contribution in [0.25, 0.3) is 0 Å². The van der Waals surface area contributed by atoms with E-state index >= 15 is 0 Å². The van der Waals surface area contributed by atoms with Gasteiger partial charge in [0, 0.05) is 32.7 Å². The Morgan fingerprint density at radius 2 is 1.76 bits per heavy atom. The first-order valence-corrected chi connectivity index (χ1v) is 8.71. The maximum Gasteiger partial charge on any atom is 0.209 e. The van der Waals surface area contributed by atoms with Crippen molar-refractivity contribution in [1.82, 2.24) is 4.90 Å². The standard InChI is InChI=1S/C20H25N3O2/c1-25-20-9-5-2-6-17(20)10-11-21-18-7-3-4-8-19(18)23-14-12-22(16-24)13-15-23/h2-9,16,21H,10-15H2,1H3. The molecule has 1 fully saturated rings. The number of nitrogens with one attached hydrogen (secondary N) is 1. The molecular weight excluding hydrogens is 314 g/mol. The Balaban J connectivity index is 1.62. The van der Waals surface area contributed by atoms with Crippen LogP contribution in [-0.4, -0.2) is 51.1 Å². The van der Waals surface area contributed by atoms with Crippen LogP contribution in [0.4, 0.5) is 11.4 Å². The van der Waals surface area contributed by atoms with Crippen molar-refractivity contribution in [3.05, 3.63) is 54.1 Å². The van der Waals surface area contributed by atoms with Gasteiger partial charge in [-0.25, -0.2) is 0 Å². The van der Waals surface area contributed by atoms with Gasteiger partial charge in [0.2, 0.25) is 6.41 Å². The minimum absolute atomic E-state index is 0.777. The first-order valence-electron chi connectivity index (χ1n) is 8.71. The quantitative estimate of drug-likeness (QED) is 0.788. The van der Waals surface area contributed by atoms with E-state index in [0.717, 1.165) is 57.0 Å². The molecule has 0 saturated carbocycles. The van der Waals surface area contributed by atoms with E-state index in [4.69, 9.17) is 4.74 Å². The molecular formula is C20H25N3O2. The van der Waals surface area contributed by atoms with Gasteiger partial charge in [-0.3, -0.25) is 4.79 Å². The van der Waals surface area contributed by atoms with Gasteiger partial charge in [-0.15, -0.1) is 0 Å². The predicted molar refractivity (Wildman–Crippen MR) is 101 cm³/mol. The van der Waals surface area contributed by atoms with Crippen LogP contribution in [0.5, 0.6) is 5.75 Å². The molecule has 132 valence electrons. The largest absolute Gasteiger partial charge is 0.496 e. The average Bonchev–Trinajstić information content (AvgIpc) is 2.69. The highest BCUT2D eigenvalue weighted by atomic mass is 16.5. The number of carbonyl (C=O) groups is 1. The van der Waals surface area contributed by atoms with Crippen LogP contribution >= 0.6 is 0 Å². The van der Waals surface area contributed by atoms with Crippen molar-refractivity contribution in [3.8, 4) is 5.75 Å². The Hall–Kier alpha value is -2.69. The molecule has 25 heavy (non-hydrogen) atoms. The smallest absolute Gasteiger partial charge is 0.209 e. The van der Waals surface area contributed by atoms with E-state index in [2.05, 4.69) is 40.5 Å². The summed E-state index contributed by atoms with van der Waals surface area (Å²) in [5.74, 6) is 0.933. The Morgan fingerprint density at radius 3 is 2.52 bits per heavy atom. The van der Waals surface area contributed by atoms with Gasteiger partial charge in [-0.2, -0.15) is 0 Å². The monoisotopic (exact) mass is 339 g/mol. The molecule has 0 unspecified atom stereocenters. The van der Waals surface area contributed by atoms with Crippen LogP contribution in [0, 0.1) is 0 Å². The normalized spacial score (nSPS) is 14.3. The Morgan fingerprint density at radius 1 is 1.04 bits per heavy atom. The predicted octanol–water partition coefficient (Wildman–Crippen LogP) is 2.63. The molecule has 2 aromatic rings. The van der Waals surface area contributed by atoms with Gasteiger partial charge in [0.05, 0.1) is 18.5 Å². The van der Waals surface area contributed by atoms with Crippen molar-refractivity contribution in [3.63, 3.8) is 0 Å². The molecule has 0 aliphatic carbocycles. The van der Waals surface area contributed by atoms with E-state index < -0.39 is 0 Å². The summed E-state index contributed by atoms with van der Waals surface area (Å²) in [6, 6.07) is 16.5. The average molecular weight is 339 g/mol. The summed E-state index contributed by atoms with van der Waals surface area (Å²) in [7, 11) is 1.71. The molecule has 0 atom stereocenters. The lowest BCUT2D eigenvalue weighted by atomic mass is 10.1. The van der Waals surface area contributed by atoms with E-state index in [9.17, 15) is 4.79 Å². The molecule has 0 aromatic heterocycles. The minimum atomic E-state index is 0.777. The summed E-state index contributed by atoms with van der Waals surface area (Å²) in [5, 5.41) is 3.56. The number of ether oxygens (including phenoxy) is 1. The fourth-order valence-electron chi connectivity index (χ4n) is 3.21. The molecule has 1 aliphatic heterocycles. The maximum atomic E-state index is 10.9. The van der Waals surface area contributed by atoms with Crippen molar-refractivity contribution in [2.24, 2.45) is 0 Å². The molecule has 5 heteroatoms. The summed E-state index contributed by atoms with van der Waals surface area (Å²) >= 11 is 0. The van der Waals surface area contributed by atoms with Gasteiger partial charge in [-0.05, 0) is 30.2 Å². The van der Waals surface area contributed by atoms with Gasteiger partial charge >= 0.3 is 0 Å². The topological polar surface area (TPSA) is 44.8 Å². The second kappa shape index (κ2) is 8.42. The third-order valence-corrected chi connectivity index (χ3v) is 4.61. The second-order valence-corrected chi connectivity index (χ2v) is 6.13. The summed E-state index contributed by atoms with van der Waals surface area (Å²) in [6.45, 7) is 4.12. The van der Waals surface area contributed by atoms with E-state index in [0.29, 0.717) is 0 Å². The molecule has 0 radical (unpaired) electrons. The first-order chi connectivity index (χ1) is 12.3. The zero-order valence-corrected chi connectivity index (χ0v) is 14.6. The fraction of sp³-hybridized carbons (Fsp3) is 0.350. The van der Waals surface area contributed by atoms with Crippen molar-refractivity contribution < 1.29 is 9.53 Å². The fourth-order valence-corrected chi connectivity index (χ4v) is 3.21. The number of nitrogens with zero attached hydrogens (tertiary/aromatic N) is 2. The first kappa shape index (κ1) is 17.1. The third kappa shape index (κ3) is 4.24. The number of piperazine rings is 1. The van der Waals surface area contributed by atoms with Crippen LogP contribution in [0.1, 0.15) is 5.56 Å². The number of carbonyl (C=O) groups excluding carboxylic acids is 1. The van der Waals surface area contributed by atoms with Crippen LogP contribution < -0.4 is 15.0 Å². The molecule has 5 nitrogen and oxygen atoms in total. The van der Waals surface area contributed by atoms with Crippen molar-refractivity contribution in [2.45, 2.75) is 6.42 Å². The molecule has 0 spiro atoms. The molecule has 3 rings (SSSR count). The summed E-state index contributed by atoms with van der Waals surface area (Å²) in [6.07, 6.45) is 1.84. The SMILES string of the molecule is COc1ccccc1CCNc1ccccc1N1CCN(C=O)CC1. The lowest BCUT2D eigenvalue weighted by Crippen LogP contribution is -2.45.